The third-order valence-corrected chi connectivity index (χ3v) is 4.02. The number of hydrogen-bond donors (Lipinski definition) is 1. The second-order valence-electron chi connectivity index (χ2n) is 5.94. The minimum absolute atomic E-state index is 0.0817. The van der Waals surface area contributed by atoms with Gasteiger partial charge < -0.3 is 10.1 Å². The predicted molar refractivity (Wildman–Crippen MR) is 99.6 cm³/mol. The first kappa shape index (κ1) is 16.7. The molecule has 7 nitrogen and oxygen atoms in total. The van der Waals surface area contributed by atoms with E-state index < -0.39 is 0 Å². The summed E-state index contributed by atoms with van der Waals surface area (Å²) >= 11 is 0. The van der Waals surface area contributed by atoms with Crippen molar-refractivity contribution in [1.82, 2.24) is 24.9 Å². The largest absolute Gasteiger partial charge is 0.457 e. The zero-order valence-corrected chi connectivity index (χ0v) is 14.7. The van der Waals surface area contributed by atoms with Crippen LogP contribution in [0.15, 0.2) is 66.9 Å². The van der Waals surface area contributed by atoms with Crippen molar-refractivity contribution in [1.29, 1.82) is 0 Å². The summed E-state index contributed by atoms with van der Waals surface area (Å²) in [6.07, 6.45) is 1.64. The number of rotatable bonds is 5. The van der Waals surface area contributed by atoms with Gasteiger partial charge in [-0.25, -0.2) is 9.50 Å². The van der Waals surface area contributed by atoms with E-state index in [4.69, 9.17) is 4.74 Å². The molecule has 0 aliphatic rings. The van der Waals surface area contributed by atoms with Gasteiger partial charge in [-0.05, 0) is 31.2 Å². The second kappa shape index (κ2) is 7.25. The molecule has 0 spiro atoms. The van der Waals surface area contributed by atoms with E-state index in [2.05, 4.69) is 20.4 Å². The number of benzene rings is 2. The number of carbonyl (C=O) groups is 1. The molecule has 1 N–H and O–H groups in total. The zero-order chi connectivity index (χ0) is 18.6. The Morgan fingerprint density at radius 1 is 1.07 bits per heavy atom. The highest BCUT2D eigenvalue weighted by atomic mass is 16.5. The lowest BCUT2D eigenvalue weighted by Gasteiger charge is -2.11. The summed E-state index contributed by atoms with van der Waals surface area (Å²) in [6, 6.07) is 18.9. The number of amides is 1. The van der Waals surface area contributed by atoms with Crippen LogP contribution in [-0.4, -0.2) is 25.5 Å². The molecule has 0 radical (unpaired) electrons. The van der Waals surface area contributed by atoms with E-state index in [0.29, 0.717) is 18.1 Å². The fraction of sp³-hybridized carbons (Fsp3) is 0.100. The summed E-state index contributed by atoms with van der Waals surface area (Å²) < 4.78 is 7.46. The number of nitrogens with one attached hydrogen (secondary N) is 1. The number of nitrogens with zero attached hydrogens (tertiary/aromatic N) is 4. The van der Waals surface area contributed by atoms with Crippen molar-refractivity contribution in [3.63, 3.8) is 0 Å². The van der Waals surface area contributed by atoms with Crippen LogP contribution in [0.25, 0.3) is 5.78 Å². The van der Waals surface area contributed by atoms with Crippen molar-refractivity contribution in [2.45, 2.75) is 13.5 Å². The van der Waals surface area contributed by atoms with E-state index >= 15 is 0 Å². The molecule has 0 bridgehead atoms. The van der Waals surface area contributed by atoms with E-state index in [-0.39, 0.29) is 11.7 Å². The Bertz CT molecular complexity index is 1090. The number of carbonyl (C=O) groups excluding carboxylic acids is 1. The molecule has 2 aromatic heterocycles. The van der Waals surface area contributed by atoms with E-state index in [0.717, 1.165) is 17.0 Å². The highest BCUT2D eigenvalue weighted by Gasteiger charge is 2.15. The molecule has 7 heteroatoms. The maximum Gasteiger partial charge on any atom is 0.291 e. The Labute approximate surface area is 155 Å². The average Bonchev–Trinajstić information content (AvgIpc) is 3.14. The average molecular weight is 359 g/mol. The van der Waals surface area contributed by atoms with Crippen molar-refractivity contribution >= 4 is 11.7 Å². The Morgan fingerprint density at radius 3 is 2.67 bits per heavy atom. The van der Waals surface area contributed by atoms with Gasteiger partial charge in [0.15, 0.2) is 0 Å². The molecule has 0 fully saturated rings. The Hall–Kier alpha value is -3.74. The molecule has 0 aliphatic heterocycles. The fourth-order valence-electron chi connectivity index (χ4n) is 2.62. The van der Waals surface area contributed by atoms with Crippen LogP contribution in [0.2, 0.25) is 0 Å². The normalized spacial score (nSPS) is 10.7. The third kappa shape index (κ3) is 3.62. The molecule has 0 unspecified atom stereocenters. The SMILES string of the molecule is Cc1ccnc2nc(C(=O)NCc3ccccc3Oc3ccccc3)nn12. The molecule has 0 atom stereocenters. The first-order valence-electron chi connectivity index (χ1n) is 8.48. The van der Waals surface area contributed by atoms with E-state index in [1.54, 1.807) is 16.8 Å². The van der Waals surface area contributed by atoms with Gasteiger partial charge in [-0.3, -0.25) is 4.79 Å². The van der Waals surface area contributed by atoms with Crippen molar-refractivity contribution in [3.05, 3.63) is 83.9 Å². The third-order valence-electron chi connectivity index (χ3n) is 4.02. The lowest BCUT2D eigenvalue weighted by molar-refractivity contribution is 0.0940. The van der Waals surface area contributed by atoms with Crippen molar-refractivity contribution in [3.8, 4) is 11.5 Å². The van der Waals surface area contributed by atoms with E-state index in [1.807, 2.05) is 61.5 Å². The first-order chi connectivity index (χ1) is 13.2. The van der Waals surface area contributed by atoms with Crippen LogP contribution in [0.1, 0.15) is 21.9 Å². The predicted octanol–water partition coefficient (Wildman–Crippen LogP) is 3.16. The van der Waals surface area contributed by atoms with Crippen LogP contribution in [0.4, 0.5) is 0 Å². The quantitative estimate of drug-likeness (QED) is 0.592. The van der Waals surface area contributed by atoms with Gasteiger partial charge >= 0.3 is 0 Å². The van der Waals surface area contributed by atoms with Crippen LogP contribution in [0.3, 0.4) is 0 Å². The van der Waals surface area contributed by atoms with Crippen LogP contribution < -0.4 is 10.1 Å². The summed E-state index contributed by atoms with van der Waals surface area (Å²) in [7, 11) is 0. The molecule has 27 heavy (non-hydrogen) atoms. The number of ether oxygens (including phenoxy) is 1. The molecular formula is C20H17N5O2. The number of aryl methyl sites for hydroxylation is 1. The molecule has 0 aliphatic carbocycles. The van der Waals surface area contributed by atoms with Gasteiger partial charge in [-0.1, -0.05) is 36.4 Å². The molecule has 2 aromatic carbocycles. The minimum Gasteiger partial charge on any atom is -0.457 e. The van der Waals surface area contributed by atoms with E-state index in [1.165, 1.54) is 0 Å². The van der Waals surface area contributed by atoms with Gasteiger partial charge in [-0.15, -0.1) is 5.10 Å². The number of fused-ring (bicyclic) bond motifs is 1. The molecule has 1 amide bonds. The maximum atomic E-state index is 12.5. The smallest absolute Gasteiger partial charge is 0.291 e. The minimum atomic E-state index is -0.366. The molecule has 0 saturated heterocycles. The Balaban J connectivity index is 1.49. The van der Waals surface area contributed by atoms with Crippen molar-refractivity contribution in [2.24, 2.45) is 0 Å². The summed E-state index contributed by atoms with van der Waals surface area (Å²) in [5.41, 5.74) is 1.71. The van der Waals surface area contributed by atoms with Gasteiger partial charge in [-0.2, -0.15) is 4.98 Å². The summed E-state index contributed by atoms with van der Waals surface area (Å²) in [5, 5.41) is 7.05. The monoisotopic (exact) mass is 359 g/mol. The lowest BCUT2D eigenvalue weighted by Crippen LogP contribution is -2.24. The Morgan fingerprint density at radius 2 is 1.85 bits per heavy atom. The number of hydrogen-bond acceptors (Lipinski definition) is 5. The summed E-state index contributed by atoms with van der Waals surface area (Å²) in [4.78, 5) is 20.7. The van der Waals surface area contributed by atoms with Crippen molar-refractivity contribution in [2.75, 3.05) is 0 Å². The number of aromatic nitrogens is 4. The van der Waals surface area contributed by atoms with E-state index in [9.17, 15) is 4.79 Å². The standard InChI is InChI=1S/C20H17N5O2/c1-14-11-12-21-20-23-18(24-25(14)20)19(26)22-13-15-7-5-6-10-17(15)27-16-8-3-2-4-9-16/h2-12H,13H2,1H3,(H,22,26). The molecule has 134 valence electrons. The zero-order valence-electron chi connectivity index (χ0n) is 14.7. The lowest BCUT2D eigenvalue weighted by atomic mass is 10.2. The van der Waals surface area contributed by atoms with Crippen molar-refractivity contribution < 1.29 is 9.53 Å². The van der Waals surface area contributed by atoms with Crippen LogP contribution >= 0.6 is 0 Å². The second-order valence-corrected chi connectivity index (χ2v) is 5.94. The molecule has 2 heterocycles. The van der Waals surface area contributed by atoms with Crippen LogP contribution in [-0.2, 0) is 6.54 Å². The van der Waals surface area contributed by atoms with Gasteiger partial charge in [0.05, 0.1) is 0 Å². The van der Waals surface area contributed by atoms with Gasteiger partial charge in [0.2, 0.25) is 5.82 Å². The topological polar surface area (TPSA) is 81.4 Å². The molecule has 0 saturated carbocycles. The number of para-hydroxylation sites is 2. The maximum absolute atomic E-state index is 12.5. The first-order valence-corrected chi connectivity index (χ1v) is 8.48. The van der Waals surface area contributed by atoms with Crippen LogP contribution in [0.5, 0.6) is 11.5 Å². The van der Waals surface area contributed by atoms with Gasteiger partial charge in [0.1, 0.15) is 11.5 Å². The Kier molecular flexibility index (Phi) is 4.49. The molecule has 4 rings (SSSR count). The highest BCUT2D eigenvalue weighted by molar-refractivity contribution is 5.90. The molecular weight excluding hydrogens is 342 g/mol. The summed E-state index contributed by atoms with van der Waals surface area (Å²) in [6.45, 7) is 2.17. The fourth-order valence-corrected chi connectivity index (χ4v) is 2.62. The molecule has 4 aromatic rings. The van der Waals surface area contributed by atoms with Gasteiger partial charge in [0, 0.05) is 24.0 Å². The van der Waals surface area contributed by atoms with Gasteiger partial charge in [0.25, 0.3) is 11.7 Å². The highest BCUT2D eigenvalue weighted by Crippen LogP contribution is 2.24. The van der Waals surface area contributed by atoms with Crippen LogP contribution in [0, 0.1) is 6.92 Å². The summed E-state index contributed by atoms with van der Waals surface area (Å²) in [5.74, 6) is 1.53.